The van der Waals surface area contributed by atoms with Crippen LogP contribution in [-0.2, 0) is 6.18 Å². The molecule has 1 aliphatic rings. The van der Waals surface area contributed by atoms with Crippen molar-refractivity contribution in [3.8, 4) is 0 Å². The van der Waals surface area contributed by atoms with E-state index in [-0.39, 0.29) is 0 Å². The van der Waals surface area contributed by atoms with Gasteiger partial charge >= 0.3 is 6.18 Å². The Balaban J connectivity index is 0.000000199. The lowest BCUT2D eigenvalue weighted by Gasteiger charge is -2.15. The molecular formula is C15H21F3. The lowest BCUT2D eigenvalue weighted by molar-refractivity contribution is -0.137. The van der Waals surface area contributed by atoms with Gasteiger partial charge in [-0.2, -0.15) is 13.2 Å². The molecule has 1 fully saturated rings. The van der Waals surface area contributed by atoms with Crippen molar-refractivity contribution in [1.29, 1.82) is 0 Å². The van der Waals surface area contributed by atoms with Crippen LogP contribution in [0.2, 0.25) is 0 Å². The molecule has 0 atom stereocenters. The molecule has 3 heteroatoms. The molecule has 0 saturated heterocycles. The summed E-state index contributed by atoms with van der Waals surface area (Å²) in [6.07, 6.45) is 3.22. The van der Waals surface area contributed by atoms with Gasteiger partial charge in [0, 0.05) is 0 Å². The number of benzene rings is 1. The van der Waals surface area contributed by atoms with Gasteiger partial charge in [0.05, 0.1) is 5.56 Å². The van der Waals surface area contributed by atoms with Gasteiger partial charge < -0.3 is 0 Å². The largest absolute Gasteiger partial charge is 0.416 e. The van der Waals surface area contributed by atoms with Crippen molar-refractivity contribution in [2.45, 2.75) is 52.1 Å². The molecule has 1 aliphatic carbocycles. The van der Waals surface area contributed by atoms with E-state index in [0.717, 1.165) is 18.1 Å². The van der Waals surface area contributed by atoms with Gasteiger partial charge in [0.1, 0.15) is 0 Å². The number of halogens is 3. The predicted octanol–water partition coefficient (Wildman–Crippen LogP) is 5.60. The standard InChI is InChI=1S/C8H7F3.C7H14/c1-6-3-2-4-7(5-6)8(9,10)11;1-7-5-3-2-4-6-7/h2-5H,1H3;7H,2-6H2,1H3. The molecular weight excluding hydrogens is 237 g/mol. The lowest BCUT2D eigenvalue weighted by Crippen LogP contribution is -2.04. The Hall–Kier alpha value is -0.990. The monoisotopic (exact) mass is 258 g/mol. The Bertz CT molecular complexity index is 349. The number of hydrogen-bond donors (Lipinski definition) is 0. The second-order valence-electron chi connectivity index (χ2n) is 5.11. The lowest BCUT2D eigenvalue weighted by atomic mass is 9.91. The first kappa shape index (κ1) is 15.1. The summed E-state index contributed by atoms with van der Waals surface area (Å²) in [4.78, 5) is 0. The van der Waals surface area contributed by atoms with Gasteiger partial charge in [-0.1, -0.05) is 62.8 Å². The van der Waals surface area contributed by atoms with Crippen molar-refractivity contribution in [1.82, 2.24) is 0 Å². The van der Waals surface area contributed by atoms with Crippen LogP contribution in [-0.4, -0.2) is 0 Å². The molecule has 0 bridgehead atoms. The third kappa shape index (κ3) is 5.56. The van der Waals surface area contributed by atoms with E-state index in [0.29, 0.717) is 5.56 Å². The van der Waals surface area contributed by atoms with Gasteiger partial charge in [0.25, 0.3) is 0 Å². The predicted molar refractivity (Wildman–Crippen MR) is 68.4 cm³/mol. The van der Waals surface area contributed by atoms with E-state index in [2.05, 4.69) is 6.92 Å². The Labute approximate surface area is 107 Å². The van der Waals surface area contributed by atoms with Crippen LogP contribution >= 0.6 is 0 Å². The molecule has 0 spiro atoms. The Morgan fingerprint density at radius 3 is 2.00 bits per heavy atom. The minimum Gasteiger partial charge on any atom is -0.166 e. The minimum absolute atomic E-state index is 0.586. The van der Waals surface area contributed by atoms with Crippen LogP contribution in [0.4, 0.5) is 13.2 Å². The first-order valence-electron chi connectivity index (χ1n) is 6.53. The molecule has 0 N–H and O–H groups in total. The first-order valence-corrected chi connectivity index (χ1v) is 6.53. The maximum absolute atomic E-state index is 12.0. The molecule has 18 heavy (non-hydrogen) atoms. The number of rotatable bonds is 0. The summed E-state index contributed by atoms with van der Waals surface area (Å²) < 4.78 is 35.9. The molecule has 1 saturated carbocycles. The second kappa shape index (κ2) is 6.81. The van der Waals surface area contributed by atoms with Crippen molar-refractivity contribution in [3.05, 3.63) is 35.4 Å². The van der Waals surface area contributed by atoms with E-state index >= 15 is 0 Å². The fourth-order valence-corrected chi connectivity index (χ4v) is 2.13. The highest BCUT2D eigenvalue weighted by Crippen LogP contribution is 2.29. The highest BCUT2D eigenvalue weighted by molar-refractivity contribution is 5.24. The van der Waals surface area contributed by atoms with Crippen LogP contribution in [0.15, 0.2) is 24.3 Å². The van der Waals surface area contributed by atoms with Crippen LogP contribution in [0, 0.1) is 12.8 Å². The maximum atomic E-state index is 12.0. The summed E-state index contributed by atoms with van der Waals surface area (Å²) in [7, 11) is 0. The van der Waals surface area contributed by atoms with Gasteiger partial charge in [-0.3, -0.25) is 0 Å². The fraction of sp³-hybridized carbons (Fsp3) is 0.600. The Kier molecular flexibility index (Phi) is 5.70. The van der Waals surface area contributed by atoms with Crippen LogP contribution in [0.5, 0.6) is 0 Å². The van der Waals surface area contributed by atoms with E-state index in [1.165, 1.54) is 38.2 Å². The van der Waals surface area contributed by atoms with Crippen molar-refractivity contribution in [2.75, 3.05) is 0 Å². The van der Waals surface area contributed by atoms with Crippen molar-refractivity contribution in [2.24, 2.45) is 5.92 Å². The highest BCUT2D eigenvalue weighted by atomic mass is 19.4. The summed E-state index contributed by atoms with van der Waals surface area (Å²) >= 11 is 0. The molecule has 2 rings (SSSR count). The van der Waals surface area contributed by atoms with Gasteiger partial charge in [-0.15, -0.1) is 0 Å². The quantitative estimate of drug-likeness (QED) is 0.568. The van der Waals surface area contributed by atoms with Gasteiger partial charge in [-0.05, 0) is 18.9 Å². The third-order valence-corrected chi connectivity index (χ3v) is 3.24. The van der Waals surface area contributed by atoms with Crippen LogP contribution in [0.25, 0.3) is 0 Å². The normalized spacial score (nSPS) is 16.9. The zero-order chi connectivity index (χ0) is 13.6. The van der Waals surface area contributed by atoms with Gasteiger partial charge in [0.2, 0.25) is 0 Å². The fourth-order valence-electron chi connectivity index (χ4n) is 2.13. The first-order chi connectivity index (χ1) is 8.39. The Morgan fingerprint density at radius 2 is 1.67 bits per heavy atom. The third-order valence-electron chi connectivity index (χ3n) is 3.24. The Morgan fingerprint density at radius 1 is 1.06 bits per heavy atom. The van der Waals surface area contributed by atoms with Gasteiger partial charge in [-0.25, -0.2) is 0 Å². The molecule has 0 radical (unpaired) electrons. The van der Waals surface area contributed by atoms with Crippen molar-refractivity contribution >= 4 is 0 Å². The van der Waals surface area contributed by atoms with Crippen LogP contribution < -0.4 is 0 Å². The maximum Gasteiger partial charge on any atom is 0.416 e. The number of hydrogen-bond acceptors (Lipinski definition) is 0. The van der Waals surface area contributed by atoms with E-state index in [1.807, 2.05) is 0 Å². The van der Waals surface area contributed by atoms with E-state index in [4.69, 9.17) is 0 Å². The zero-order valence-corrected chi connectivity index (χ0v) is 11.1. The minimum atomic E-state index is -4.22. The summed E-state index contributed by atoms with van der Waals surface area (Å²) in [5.41, 5.74) is 0.0392. The van der Waals surface area contributed by atoms with E-state index in [9.17, 15) is 13.2 Å². The molecule has 0 amide bonds. The number of aryl methyl sites for hydroxylation is 1. The van der Waals surface area contributed by atoms with Crippen molar-refractivity contribution in [3.63, 3.8) is 0 Å². The smallest absolute Gasteiger partial charge is 0.166 e. The van der Waals surface area contributed by atoms with Crippen LogP contribution in [0.3, 0.4) is 0 Å². The summed E-state index contributed by atoms with van der Waals surface area (Å²) in [5.74, 6) is 1.04. The molecule has 0 aromatic heterocycles. The number of alkyl halides is 3. The van der Waals surface area contributed by atoms with Crippen molar-refractivity contribution < 1.29 is 13.2 Å². The molecule has 1 aromatic carbocycles. The topological polar surface area (TPSA) is 0 Å². The average molecular weight is 258 g/mol. The molecule has 0 aliphatic heterocycles. The molecule has 0 unspecified atom stereocenters. The van der Waals surface area contributed by atoms with Crippen LogP contribution in [0.1, 0.15) is 50.2 Å². The summed E-state index contributed by atoms with van der Waals surface area (Å²) in [5, 5.41) is 0. The molecule has 0 nitrogen and oxygen atoms in total. The van der Waals surface area contributed by atoms with E-state index in [1.54, 1.807) is 13.0 Å². The summed E-state index contributed by atoms with van der Waals surface area (Å²) in [6.45, 7) is 3.99. The molecule has 102 valence electrons. The highest BCUT2D eigenvalue weighted by Gasteiger charge is 2.29. The SMILES string of the molecule is CC1CCCCC1.Cc1cccc(C(F)(F)F)c1. The van der Waals surface area contributed by atoms with E-state index < -0.39 is 11.7 Å². The molecule has 1 aromatic rings. The summed E-state index contributed by atoms with van der Waals surface area (Å²) in [6, 6.07) is 5.22. The second-order valence-corrected chi connectivity index (χ2v) is 5.11. The molecule has 0 heterocycles. The van der Waals surface area contributed by atoms with Gasteiger partial charge in [0.15, 0.2) is 0 Å². The zero-order valence-electron chi connectivity index (χ0n) is 11.1. The average Bonchev–Trinajstić information content (AvgIpc) is 2.30.